The minimum Gasteiger partial charge on any atom is -0.384 e. The highest BCUT2D eigenvalue weighted by molar-refractivity contribution is 7.92. The molecule has 0 radical (unpaired) electrons. The van der Waals surface area contributed by atoms with E-state index in [0.717, 1.165) is 34.6 Å². The highest BCUT2D eigenvalue weighted by Crippen LogP contribution is 2.28. The van der Waals surface area contributed by atoms with Crippen LogP contribution in [0.5, 0.6) is 0 Å². The quantitative estimate of drug-likeness (QED) is 0.412. The molecule has 0 atom stereocenters. The third-order valence-corrected chi connectivity index (χ3v) is 7.76. The maximum atomic E-state index is 13.3. The lowest BCUT2D eigenvalue weighted by Gasteiger charge is -2.23. The van der Waals surface area contributed by atoms with Gasteiger partial charge in [-0.25, -0.2) is 22.7 Å². The van der Waals surface area contributed by atoms with Crippen LogP contribution in [0.15, 0.2) is 41.6 Å². The molecule has 0 aliphatic carbocycles. The number of benzene rings is 1. The standard InChI is InChI=1S/C18H26N4O3SSi/c1-27(2,3)12-11-25-14-22(18-20-8-4-9-21-18)26(23,24)16-5-6-17-15(13-16)7-10-19-17/h4-6,8-9,13,19H,7,10-12,14H2,1-3H3. The van der Waals surface area contributed by atoms with E-state index in [1.165, 1.54) is 12.4 Å². The summed E-state index contributed by atoms with van der Waals surface area (Å²) < 4.78 is 33.4. The average Bonchev–Trinajstić information content (AvgIpc) is 3.09. The van der Waals surface area contributed by atoms with Gasteiger partial charge in [-0.1, -0.05) is 19.6 Å². The van der Waals surface area contributed by atoms with Crippen molar-refractivity contribution in [3.05, 3.63) is 42.2 Å². The SMILES string of the molecule is C[Si](C)(C)CCOCN(c1ncccn1)S(=O)(=O)c1ccc2c(c1)CCN2. The van der Waals surface area contributed by atoms with E-state index in [4.69, 9.17) is 4.74 Å². The molecule has 1 N–H and O–H groups in total. The number of nitrogens with zero attached hydrogens (tertiary/aromatic N) is 3. The van der Waals surface area contributed by atoms with Gasteiger partial charge in [0.2, 0.25) is 5.95 Å². The van der Waals surface area contributed by atoms with Crippen molar-refractivity contribution in [3.8, 4) is 0 Å². The highest BCUT2D eigenvalue weighted by Gasteiger charge is 2.28. The fourth-order valence-electron chi connectivity index (χ4n) is 2.75. The number of fused-ring (bicyclic) bond motifs is 1. The van der Waals surface area contributed by atoms with Crippen molar-refractivity contribution >= 4 is 29.7 Å². The van der Waals surface area contributed by atoms with Crippen LogP contribution in [0.4, 0.5) is 11.6 Å². The van der Waals surface area contributed by atoms with Gasteiger partial charge >= 0.3 is 0 Å². The molecular weight excluding hydrogens is 380 g/mol. The number of hydrogen-bond acceptors (Lipinski definition) is 6. The van der Waals surface area contributed by atoms with Crippen LogP contribution >= 0.6 is 0 Å². The smallest absolute Gasteiger partial charge is 0.268 e. The van der Waals surface area contributed by atoms with Gasteiger partial charge in [0.05, 0.1) is 4.90 Å². The Morgan fingerprint density at radius 1 is 1.22 bits per heavy atom. The Morgan fingerprint density at radius 3 is 2.67 bits per heavy atom. The second-order valence-electron chi connectivity index (χ2n) is 7.75. The Labute approximate surface area is 161 Å². The molecule has 0 bridgehead atoms. The molecule has 9 heteroatoms. The minimum atomic E-state index is -3.82. The molecule has 0 spiro atoms. The summed E-state index contributed by atoms with van der Waals surface area (Å²) in [5, 5.41) is 3.24. The zero-order valence-electron chi connectivity index (χ0n) is 16.0. The van der Waals surface area contributed by atoms with E-state index in [1.807, 2.05) is 6.07 Å². The molecule has 1 aliphatic rings. The molecule has 7 nitrogen and oxygen atoms in total. The summed E-state index contributed by atoms with van der Waals surface area (Å²) >= 11 is 0. The van der Waals surface area contributed by atoms with E-state index < -0.39 is 18.1 Å². The summed E-state index contributed by atoms with van der Waals surface area (Å²) in [5.41, 5.74) is 1.99. The van der Waals surface area contributed by atoms with Crippen molar-refractivity contribution < 1.29 is 13.2 Å². The van der Waals surface area contributed by atoms with Crippen LogP contribution in [0.3, 0.4) is 0 Å². The molecule has 0 saturated carbocycles. The van der Waals surface area contributed by atoms with Gasteiger partial charge in [0, 0.05) is 39.3 Å². The van der Waals surface area contributed by atoms with E-state index >= 15 is 0 Å². The lowest BCUT2D eigenvalue weighted by molar-refractivity contribution is 0.155. The van der Waals surface area contributed by atoms with Gasteiger partial charge in [-0.05, 0) is 42.3 Å². The Morgan fingerprint density at radius 2 is 1.96 bits per heavy atom. The topological polar surface area (TPSA) is 84.4 Å². The van der Waals surface area contributed by atoms with Crippen LogP contribution in [-0.2, 0) is 21.2 Å². The van der Waals surface area contributed by atoms with Gasteiger partial charge in [-0.15, -0.1) is 0 Å². The number of sulfonamides is 1. The molecule has 0 unspecified atom stereocenters. The van der Waals surface area contributed by atoms with Crippen molar-refractivity contribution in [1.29, 1.82) is 0 Å². The first-order valence-corrected chi connectivity index (χ1v) is 14.2. The number of rotatable bonds is 8. The summed E-state index contributed by atoms with van der Waals surface area (Å²) in [4.78, 5) is 8.47. The highest BCUT2D eigenvalue weighted by atomic mass is 32.2. The van der Waals surface area contributed by atoms with Gasteiger partial charge in [0.15, 0.2) is 0 Å². The molecule has 0 amide bonds. The molecule has 1 aromatic carbocycles. The zero-order valence-corrected chi connectivity index (χ0v) is 17.8. The predicted octanol–water partition coefficient (Wildman–Crippen LogP) is 2.95. The van der Waals surface area contributed by atoms with Crippen molar-refractivity contribution in [1.82, 2.24) is 9.97 Å². The zero-order chi connectivity index (χ0) is 19.5. The number of nitrogens with one attached hydrogen (secondary N) is 1. The minimum absolute atomic E-state index is 0.105. The third-order valence-electron chi connectivity index (χ3n) is 4.35. The Kier molecular flexibility index (Phi) is 5.83. The molecule has 0 saturated heterocycles. The van der Waals surface area contributed by atoms with Gasteiger partial charge in [-0.2, -0.15) is 0 Å². The van der Waals surface area contributed by atoms with Crippen LogP contribution < -0.4 is 9.62 Å². The molecular formula is C18H26N4O3SSi. The molecule has 2 aromatic rings. The molecule has 0 fully saturated rings. The summed E-state index contributed by atoms with van der Waals surface area (Å²) in [7, 11) is -5.09. The summed E-state index contributed by atoms with van der Waals surface area (Å²) in [6.45, 7) is 8.00. The monoisotopic (exact) mass is 406 g/mol. The van der Waals surface area contributed by atoms with Crippen molar-refractivity contribution in [2.45, 2.75) is 37.0 Å². The molecule has 3 rings (SSSR count). The Bertz CT molecular complexity index is 885. The summed E-state index contributed by atoms with van der Waals surface area (Å²) in [6, 6.07) is 7.76. The first kappa shape index (κ1) is 19.8. The lowest BCUT2D eigenvalue weighted by atomic mass is 10.2. The fourth-order valence-corrected chi connectivity index (χ4v) is 4.81. The predicted molar refractivity (Wildman–Crippen MR) is 109 cm³/mol. The van der Waals surface area contributed by atoms with Crippen molar-refractivity contribution in [2.75, 3.05) is 29.5 Å². The van der Waals surface area contributed by atoms with Gasteiger partial charge < -0.3 is 10.1 Å². The van der Waals surface area contributed by atoms with E-state index in [9.17, 15) is 8.42 Å². The first-order chi connectivity index (χ1) is 12.8. The third kappa shape index (κ3) is 4.85. The number of aromatic nitrogens is 2. The molecule has 1 aliphatic heterocycles. The lowest BCUT2D eigenvalue weighted by Crippen LogP contribution is -2.35. The van der Waals surface area contributed by atoms with Crippen LogP contribution in [0, 0.1) is 0 Å². The van der Waals surface area contributed by atoms with Crippen molar-refractivity contribution in [3.63, 3.8) is 0 Å². The largest absolute Gasteiger partial charge is 0.384 e. The van der Waals surface area contributed by atoms with Gasteiger partial charge in [0.1, 0.15) is 6.73 Å². The maximum Gasteiger partial charge on any atom is 0.268 e. The molecule has 146 valence electrons. The van der Waals surface area contributed by atoms with Gasteiger partial charge in [-0.3, -0.25) is 0 Å². The van der Waals surface area contributed by atoms with E-state index in [1.54, 1.807) is 18.2 Å². The molecule has 1 aromatic heterocycles. The maximum absolute atomic E-state index is 13.3. The first-order valence-electron chi connectivity index (χ1n) is 9.02. The normalized spacial score (nSPS) is 13.9. The van der Waals surface area contributed by atoms with E-state index in [-0.39, 0.29) is 17.6 Å². The van der Waals surface area contributed by atoms with Gasteiger partial charge in [0.25, 0.3) is 10.0 Å². The van der Waals surface area contributed by atoms with E-state index in [0.29, 0.717) is 6.61 Å². The average molecular weight is 407 g/mol. The Balaban J connectivity index is 1.85. The second-order valence-corrected chi connectivity index (χ2v) is 15.2. The fraction of sp³-hybridized carbons (Fsp3) is 0.444. The summed E-state index contributed by atoms with van der Waals surface area (Å²) in [6.07, 6.45) is 3.87. The van der Waals surface area contributed by atoms with Crippen LogP contribution in [0.25, 0.3) is 0 Å². The number of hydrogen-bond donors (Lipinski definition) is 1. The van der Waals surface area contributed by atoms with Crippen LogP contribution in [-0.4, -0.2) is 46.3 Å². The van der Waals surface area contributed by atoms with Crippen LogP contribution in [0.1, 0.15) is 5.56 Å². The summed E-state index contributed by atoms with van der Waals surface area (Å²) in [5.74, 6) is 0.115. The van der Waals surface area contributed by atoms with Crippen LogP contribution in [0.2, 0.25) is 25.7 Å². The number of anilines is 2. The second kappa shape index (κ2) is 7.95. The van der Waals surface area contributed by atoms with E-state index in [2.05, 4.69) is 34.9 Å². The molecule has 27 heavy (non-hydrogen) atoms. The molecule has 2 heterocycles. The number of ether oxygens (including phenoxy) is 1. The van der Waals surface area contributed by atoms with Crippen molar-refractivity contribution in [2.24, 2.45) is 0 Å². The Hall–Kier alpha value is -1.97.